The molecule has 0 N–H and O–H groups in total. The predicted molar refractivity (Wildman–Crippen MR) is 78.8 cm³/mol. The molecular formula is C12H22N2O4S2. The van der Waals surface area contributed by atoms with Gasteiger partial charge in [0, 0.05) is 32.7 Å². The van der Waals surface area contributed by atoms with Crippen LogP contribution in [0.3, 0.4) is 0 Å². The molecule has 2 saturated heterocycles. The molecule has 2 heterocycles. The lowest BCUT2D eigenvalue weighted by molar-refractivity contribution is 0.200. The largest absolute Gasteiger partial charge is 0.297 e. The van der Waals surface area contributed by atoms with E-state index < -0.39 is 25.1 Å². The highest BCUT2D eigenvalue weighted by Gasteiger charge is 2.41. The van der Waals surface area contributed by atoms with Crippen molar-refractivity contribution in [2.45, 2.75) is 18.6 Å². The Bertz CT molecular complexity index is 575. The Morgan fingerprint density at radius 3 is 2.30 bits per heavy atom. The first-order chi connectivity index (χ1) is 9.21. The summed E-state index contributed by atoms with van der Waals surface area (Å²) in [5.41, 5.74) is 1.06. The minimum absolute atomic E-state index is 0.00742. The second-order valence-corrected chi connectivity index (χ2v) is 10.1. The molecule has 0 aromatic heterocycles. The van der Waals surface area contributed by atoms with Crippen LogP contribution in [0.4, 0.5) is 0 Å². The summed E-state index contributed by atoms with van der Waals surface area (Å²) in [6.45, 7) is 8.81. The van der Waals surface area contributed by atoms with Crippen molar-refractivity contribution >= 4 is 19.9 Å². The van der Waals surface area contributed by atoms with Gasteiger partial charge in [0.1, 0.15) is 0 Å². The van der Waals surface area contributed by atoms with Crippen molar-refractivity contribution in [2.24, 2.45) is 0 Å². The molecule has 0 aliphatic carbocycles. The van der Waals surface area contributed by atoms with Crippen molar-refractivity contribution in [2.75, 3.05) is 44.2 Å². The van der Waals surface area contributed by atoms with Crippen LogP contribution in [0, 0.1) is 0 Å². The molecule has 0 aromatic carbocycles. The third kappa shape index (κ3) is 3.60. The predicted octanol–water partition coefficient (Wildman–Crippen LogP) is -0.303. The Kier molecular flexibility index (Phi) is 4.58. The van der Waals surface area contributed by atoms with Gasteiger partial charge in [-0.05, 0) is 13.3 Å². The number of hydrogen-bond donors (Lipinski definition) is 0. The normalized spacial score (nSPS) is 28.6. The maximum absolute atomic E-state index is 12.4. The first kappa shape index (κ1) is 15.9. The van der Waals surface area contributed by atoms with Gasteiger partial charge in [0.25, 0.3) is 0 Å². The molecule has 1 atom stereocenters. The minimum Gasteiger partial charge on any atom is -0.297 e. The van der Waals surface area contributed by atoms with Crippen molar-refractivity contribution in [3.05, 3.63) is 12.2 Å². The lowest BCUT2D eigenvalue weighted by Crippen LogP contribution is -2.51. The van der Waals surface area contributed by atoms with Gasteiger partial charge in [-0.2, -0.15) is 4.31 Å². The van der Waals surface area contributed by atoms with E-state index in [1.54, 1.807) is 0 Å². The van der Waals surface area contributed by atoms with E-state index in [0.717, 1.165) is 12.1 Å². The third-order valence-corrected chi connectivity index (χ3v) is 8.11. The molecule has 2 aliphatic heterocycles. The van der Waals surface area contributed by atoms with Gasteiger partial charge in [-0.3, -0.25) is 4.90 Å². The first-order valence-corrected chi connectivity index (χ1v) is 10.1. The van der Waals surface area contributed by atoms with Crippen LogP contribution in [0.25, 0.3) is 0 Å². The number of sulfonamides is 1. The molecule has 0 unspecified atom stereocenters. The average Bonchev–Trinajstić information content (AvgIpc) is 2.70. The Morgan fingerprint density at radius 2 is 1.85 bits per heavy atom. The van der Waals surface area contributed by atoms with E-state index in [0.29, 0.717) is 26.2 Å². The number of sulfone groups is 1. The Hall–Kier alpha value is -0.440. The molecule has 20 heavy (non-hydrogen) atoms. The highest BCUT2D eigenvalue weighted by Crippen LogP contribution is 2.23. The summed E-state index contributed by atoms with van der Waals surface area (Å²) in [4.78, 5) is 2.17. The van der Waals surface area contributed by atoms with Gasteiger partial charge in [0.2, 0.25) is 10.0 Å². The molecule has 0 amide bonds. The van der Waals surface area contributed by atoms with E-state index in [2.05, 4.69) is 11.5 Å². The van der Waals surface area contributed by atoms with Crippen molar-refractivity contribution in [1.82, 2.24) is 9.21 Å². The molecule has 8 heteroatoms. The lowest BCUT2D eigenvalue weighted by Gasteiger charge is -2.35. The Morgan fingerprint density at radius 1 is 1.25 bits per heavy atom. The van der Waals surface area contributed by atoms with Crippen LogP contribution in [0.5, 0.6) is 0 Å². The van der Waals surface area contributed by atoms with Crippen molar-refractivity contribution in [1.29, 1.82) is 0 Å². The fraction of sp³-hybridized carbons (Fsp3) is 0.833. The fourth-order valence-corrected chi connectivity index (χ4v) is 7.24. The molecule has 0 radical (unpaired) electrons. The zero-order valence-corrected chi connectivity index (χ0v) is 13.4. The molecule has 0 bridgehead atoms. The van der Waals surface area contributed by atoms with Crippen molar-refractivity contribution in [3.8, 4) is 0 Å². The maximum Gasteiger partial charge on any atom is 0.218 e. The van der Waals surface area contributed by atoms with E-state index in [1.165, 1.54) is 4.31 Å². The van der Waals surface area contributed by atoms with Crippen LogP contribution in [-0.2, 0) is 19.9 Å². The highest BCUT2D eigenvalue weighted by atomic mass is 32.2. The average molecular weight is 322 g/mol. The number of hydrogen-bond acceptors (Lipinski definition) is 5. The summed E-state index contributed by atoms with van der Waals surface area (Å²) in [7, 11) is -6.65. The van der Waals surface area contributed by atoms with Crippen molar-refractivity contribution in [3.63, 3.8) is 0 Å². The maximum atomic E-state index is 12.4. The van der Waals surface area contributed by atoms with E-state index in [1.807, 2.05) is 6.92 Å². The van der Waals surface area contributed by atoms with Crippen LogP contribution in [0.2, 0.25) is 0 Å². The molecule has 0 aromatic rings. The quantitative estimate of drug-likeness (QED) is 0.664. The fourth-order valence-electron chi connectivity index (χ4n) is 2.73. The minimum atomic E-state index is -3.48. The van der Waals surface area contributed by atoms with E-state index in [9.17, 15) is 16.8 Å². The van der Waals surface area contributed by atoms with Gasteiger partial charge in [0.15, 0.2) is 9.84 Å². The lowest BCUT2D eigenvalue weighted by atomic mass is 10.3. The van der Waals surface area contributed by atoms with Gasteiger partial charge in [-0.15, -0.1) is 0 Å². The topological polar surface area (TPSA) is 74.8 Å². The van der Waals surface area contributed by atoms with Gasteiger partial charge in [0.05, 0.1) is 16.8 Å². The Labute approximate surface area is 121 Å². The molecule has 0 saturated carbocycles. The SMILES string of the molecule is C=C(C)CN1CCN(S(=O)(=O)[C@H]2CCS(=O)(=O)C2)CC1. The zero-order valence-electron chi connectivity index (χ0n) is 11.8. The van der Waals surface area contributed by atoms with E-state index >= 15 is 0 Å². The molecule has 2 aliphatic rings. The van der Waals surface area contributed by atoms with Crippen LogP contribution < -0.4 is 0 Å². The van der Waals surface area contributed by atoms with Gasteiger partial charge in [-0.25, -0.2) is 16.8 Å². The third-order valence-electron chi connectivity index (χ3n) is 3.80. The van der Waals surface area contributed by atoms with Gasteiger partial charge >= 0.3 is 0 Å². The van der Waals surface area contributed by atoms with Crippen LogP contribution in [-0.4, -0.2) is 75.5 Å². The van der Waals surface area contributed by atoms with Crippen LogP contribution in [0.15, 0.2) is 12.2 Å². The molecule has 0 spiro atoms. The van der Waals surface area contributed by atoms with Gasteiger partial charge < -0.3 is 0 Å². The van der Waals surface area contributed by atoms with E-state index in [-0.39, 0.29) is 17.9 Å². The summed E-state index contributed by atoms with van der Waals surface area (Å²) in [6.07, 6.45) is 0.233. The monoisotopic (exact) mass is 322 g/mol. The number of piperazine rings is 1. The standard InChI is InChI=1S/C12H22N2O4S2/c1-11(2)9-13-4-6-14(7-5-13)20(17,18)12-3-8-19(15,16)10-12/h12H,1,3-10H2,2H3/t12-/m0/s1. The molecule has 2 fully saturated rings. The smallest absolute Gasteiger partial charge is 0.218 e. The summed E-state index contributed by atoms with van der Waals surface area (Å²) in [5.74, 6) is -0.228. The van der Waals surface area contributed by atoms with Crippen molar-refractivity contribution < 1.29 is 16.8 Å². The van der Waals surface area contributed by atoms with Crippen LogP contribution >= 0.6 is 0 Å². The molecule has 2 rings (SSSR count). The summed E-state index contributed by atoms with van der Waals surface area (Å²) < 4.78 is 49.2. The van der Waals surface area contributed by atoms with Crippen LogP contribution in [0.1, 0.15) is 13.3 Å². The summed E-state index contributed by atoms with van der Waals surface area (Å²) >= 11 is 0. The first-order valence-electron chi connectivity index (χ1n) is 6.77. The van der Waals surface area contributed by atoms with E-state index in [4.69, 9.17) is 0 Å². The Balaban J connectivity index is 1.97. The summed E-state index contributed by atoms with van der Waals surface area (Å²) in [6, 6.07) is 0. The number of nitrogens with zero attached hydrogens (tertiary/aromatic N) is 2. The zero-order chi connectivity index (χ0) is 15.0. The molecule has 116 valence electrons. The molecule has 6 nitrogen and oxygen atoms in total. The summed E-state index contributed by atoms with van der Waals surface area (Å²) in [5, 5.41) is -0.750. The second-order valence-electron chi connectivity index (χ2n) is 5.70. The molecular weight excluding hydrogens is 300 g/mol. The second kappa shape index (κ2) is 5.75. The highest BCUT2D eigenvalue weighted by molar-refractivity contribution is 7.95. The number of rotatable bonds is 4. The van der Waals surface area contributed by atoms with Gasteiger partial charge in [-0.1, -0.05) is 12.2 Å².